The van der Waals surface area contributed by atoms with Crippen molar-refractivity contribution in [1.29, 1.82) is 0 Å². The number of hydrogen-bond acceptors (Lipinski definition) is 5. The molecule has 17 heavy (non-hydrogen) atoms. The molecule has 0 radical (unpaired) electrons. The van der Waals surface area contributed by atoms with Crippen molar-refractivity contribution >= 4 is 11.9 Å². The van der Waals surface area contributed by atoms with Gasteiger partial charge in [0.15, 0.2) is 0 Å². The molecule has 0 aliphatic carbocycles. The summed E-state index contributed by atoms with van der Waals surface area (Å²) in [5.74, 6) is -2.11. The van der Waals surface area contributed by atoms with Gasteiger partial charge in [0, 0.05) is 5.56 Å². The smallest absolute Gasteiger partial charge is 0.354 e. The van der Waals surface area contributed by atoms with Gasteiger partial charge in [-0.25, -0.2) is 9.59 Å². The van der Waals surface area contributed by atoms with E-state index in [0.717, 1.165) is 7.11 Å². The minimum absolute atomic E-state index is 0.0605. The van der Waals surface area contributed by atoms with Crippen LogP contribution in [0.5, 0.6) is 0 Å². The lowest BCUT2D eigenvalue weighted by Crippen LogP contribution is -2.45. The molecular formula is C12H14O5. The third-order valence-electron chi connectivity index (χ3n) is 2.24. The highest BCUT2D eigenvalue weighted by Crippen LogP contribution is 2.24. The number of ether oxygens (including phenoxy) is 2. The molecule has 5 heteroatoms. The molecule has 1 N–H and O–H groups in total. The summed E-state index contributed by atoms with van der Waals surface area (Å²) in [6, 6.07) is 7.80. The Bertz CT molecular complexity index is 401. The molecule has 0 saturated heterocycles. The van der Waals surface area contributed by atoms with Crippen LogP contribution in [0.1, 0.15) is 12.5 Å². The summed E-state index contributed by atoms with van der Waals surface area (Å²) < 4.78 is 9.14. The average Bonchev–Trinajstić information content (AvgIpc) is 2.38. The molecule has 1 atom stereocenters. The highest BCUT2D eigenvalue weighted by atomic mass is 16.6. The maximum atomic E-state index is 11.7. The fraction of sp³-hybridized carbons (Fsp3) is 0.333. The first-order valence-corrected chi connectivity index (χ1v) is 5.10. The lowest BCUT2D eigenvalue weighted by molar-refractivity contribution is -0.183. The molecule has 0 fully saturated rings. The van der Waals surface area contributed by atoms with Gasteiger partial charge in [-0.1, -0.05) is 30.3 Å². The Morgan fingerprint density at radius 1 is 1.24 bits per heavy atom. The molecule has 1 rings (SSSR count). The Kier molecular flexibility index (Phi) is 4.23. The summed E-state index contributed by atoms with van der Waals surface area (Å²) >= 11 is 0. The molecule has 0 aliphatic heterocycles. The zero-order valence-electron chi connectivity index (χ0n) is 9.67. The molecule has 1 aromatic rings. The third kappa shape index (κ3) is 2.45. The first-order valence-electron chi connectivity index (χ1n) is 5.10. The fourth-order valence-electron chi connectivity index (χ4n) is 1.38. The monoisotopic (exact) mass is 238 g/mol. The predicted octanol–water partition coefficient (Wildman–Crippen LogP) is 0.610. The second-order valence-corrected chi connectivity index (χ2v) is 3.29. The second-order valence-electron chi connectivity index (χ2n) is 3.29. The largest absolute Gasteiger partial charge is 0.466 e. The third-order valence-corrected chi connectivity index (χ3v) is 2.24. The quantitative estimate of drug-likeness (QED) is 0.614. The molecule has 5 nitrogen and oxygen atoms in total. The summed E-state index contributed by atoms with van der Waals surface area (Å²) in [7, 11) is 1.09. The zero-order chi connectivity index (χ0) is 12.9. The van der Waals surface area contributed by atoms with Gasteiger partial charge >= 0.3 is 11.9 Å². The van der Waals surface area contributed by atoms with Gasteiger partial charge in [0.25, 0.3) is 5.60 Å². The number of rotatable bonds is 4. The Balaban J connectivity index is 3.20. The van der Waals surface area contributed by atoms with Crippen LogP contribution in [0.25, 0.3) is 0 Å². The number of carbonyl (C=O) groups is 2. The van der Waals surface area contributed by atoms with E-state index in [1.165, 1.54) is 12.1 Å². The van der Waals surface area contributed by atoms with Crippen molar-refractivity contribution in [2.45, 2.75) is 12.5 Å². The number of benzene rings is 1. The van der Waals surface area contributed by atoms with Crippen LogP contribution in [0, 0.1) is 0 Å². The number of hydrogen-bond donors (Lipinski definition) is 1. The van der Waals surface area contributed by atoms with E-state index >= 15 is 0 Å². The Labute approximate surface area is 99.0 Å². The van der Waals surface area contributed by atoms with Gasteiger partial charge < -0.3 is 14.6 Å². The van der Waals surface area contributed by atoms with Crippen LogP contribution >= 0.6 is 0 Å². The van der Waals surface area contributed by atoms with Crippen LogP contribution in [-0.4, -0.2) is 30.8 Å². The van der Waals surface area contributed by atoms with Crippen LogP contribution in [-0.2, 0) is 24.7 Å². The van der Waals surface area contributed by atoms with Crippen molar-refractivity contribution < 1.29 is 24.2 Å². The fourth-order valence-corrected chi connectivity index (χ4v) is 1.38. The van der Waals surface area contributed by atoms with Crippen molar-refractivity contribution in [2.75, 3.05) is 13.7 Å². The predicted molar refractivity (Wildman–Crippen MR) is 59.0 cm³/mol. The molecule has 1 aromatic carbocycles. The van der Waals surface area contributed by atoms with E-state index in [2.05, 4.69) is 4.74 Å². The van der Waals surface area contributed by atoms with Crippen molar-refractivity contribution in [2.24, 2.45) is 0 Å². The number of methoxy groups -OCH3 is 1. The summed E-state index contributed by atoms with van der Waals surface area (Å²) in [5.41, 5.74) is -2.29. The van der Waals surface area contributed by atoms with Crippen molar-refractivity contribution in [3.8, 4) is 0 Å². The minimum atomic E-state index is -2.41. The van der Waals surface area contributed by atoms with Crippen LogP contribution in [0.4, 0.5) is 0 Å². The van der Waals surface area contributed by atoms with Gasteiger partial charge in [0.2, 0.25) is 0 Å². The van der Waals surface area contributed by atoms with E-state index in [-0.39, 0.29) is 12.2 Å². The van der Waals surface area contributed by atoms with Crippen LogP contribution in [0.15, 0.2) is 30.3 Å². The van der Waals surface area contributed by atoms with E-state index in [1.54, 1.807) is 25.1 Å². The van der Waals surface area contributed by atoms with Gasteiger partial charge in [0.05, 0.1) is 13.7 Å². The first-order chi connectivity index (χ1) is 8.07. The SMILES string of the molecule is CCOC(=O)C(O)(C(=O)OC)c1ccccc1. The standard InChI is InChI=1S/C12H14O5/c1-3-17-11(14)12(15,10(13)16-2)9-7-5-4-6-8-9/h4-8,15H,3H2,1-2H3. The molecule has 0 aliphatic rings. The molecule has 0 spiro atoms. The van der Waals surface area contributed by atoms with Crippen LogP contribution in [0.2, 0.25) is 0 Å². The number of carbonyl (C=O) groups excluding carboxylic acids is 2. The van der Waals surface area contributed by atoms with Gasteiger partial charge in [-0.3, -0.25) is 0 Å². The van der Waals surface area contributed by atoms with E-state index in [9.17, 15) is 14.7 Å². The molecule has 0 heterocycles. The first kappa shape index (κ1) is 13.2. The van der Waals surface area contributed by atoms with E-state index in [4.69, 9.17) is 4.74 Å². The summed E-state index contributed by atoms with van der Waals surface area (Å²) in [4.78, 5) is 23.3. The molecular weight excluding hydrogens is 224 g/mol. The topological polar surface area (TPSA) is 72.8 Å². The zero-order valence-corrected chi connectivity index (χ0v) is 9.67. The van der Waals surface area contributed by atoms with Crippen molar-refractivity contribution in [3.05, 3.63) is 35.9 Å². The lowest BCUT2D eigenvalue weighted by atomic mass is 9.94. The Morgan fingerprint density at radius 3 is 2.29 bits per heavy atom. The lowest BCUT2D eigenvalue weighted by Gasteiger charge is -2.23. The summed E-state index contributed by atoms with van der Waals surface area (Å²) in [6.07, 6.45) is 0. The summed E-state index contributed by atoms with van der Waals surface area (Å²) in [6.45, 7) is 1.64. The van der Waals surface area contributed by atoms with Gasteiger partial charge in [-0.2, -0.15) is 0 Å². The summed E-state index contributed by atoms with van der Waals surface area (Å²) in [5, 5.41) is 10.2. The van der Waals surface area contributed by atoms with Crippen LogP contribution < -0.4 is 0 Å². The maximum absolute atomic E-state index is 11.7. The molecule has 0 saturated carbocycles. The van der Waals surface area contributed by atoms with Crippen LogP contribution in [0.3, 0.4) is 0 Å². The van der Waals surface area contributed by atoms with E-state index in [0.29, 0.717) is 0 Å². The van der Waals surface area contributed by atoms with E-state index < -0.39 is 17.5 Å². The maximum Gasteiger partial charge on any atom is 0.354 e. The van der Waals surface area contributed by atoms with Gasteiger partial charge in [-0.15, -0.1) is 0 Å². The molecule has 0 aromatic heterocycles. The highest BCUT2D eigenvalue weighted by Gasteiger charge is 2.48. The average molecular weight is 238 g/mol. The van der Waals surface area contributed by atoms with Gasteiger partial charge in [0.1, 0.15) is 0 Å². The number of aliphatic hydroxyl groups is 1. The van der Waals surface area contributed by atoms with Gasteiger partial charge in [-0.05, 0) is 6.92 Å². The molecule has 0 bridgehead atoms. The minimum Gasteiger partial charge on any atom is -0.466 e. The Morgan fingerprint density at radius 2 is 1.82 bits per heavy atom. The second kappa shape index (κ2) is 5.45. The molecule has 1 unspecified atom stereocenters. The molecule has 0 amide bonds. The molecule has 92 valence electrons. The van der Waals surface area contributed by atoms with Crippen molar-refractivity contribution in [3.63, 3.8) is 0 Å². The Hall–Kier alpha value is -1.88. The highest BCUT2D eigenvalue weighted by molar-refractivity contribution is 6.04. The number of esters is 2. The van der Waals surface area contributed by atoms with Crippen molar-refractivity contribution in [1.82, 2.24) is 0 Å². The van der Waals surface area contributed by atoms with E-state index in [1.807, 2.05) is 0 Å². The normalized spacial score (nSPS) is 13.6.